The van der Waals surface area contributed by atoms with E-state index in [0.29, 0.717) is 11.6 Å². The molecule has 1 rings (SSSR count). The second kappa shape index (κ2) is 4.93. The van der Waals surface area contributed by atoms with Crippen molar-refractivity contribution in [3.8, 4) is 0 Å². The zero-order chi connectivity index (χ0) is 13.2. The van der Waals surface area contributed by atoms with Crippen molar-refractivity contribution in [2.24, 2.45) is 11.1 Å². The summed E-state index contributed by atoms with van der Waals surface area (Å²) in [6.45, 7) is 5.05. The van der Waals surface area contributed by atoms with Gasteiger partial charge in [-0.1, -0.05) is 13.8 Å². The van der Waals surface area contributed by atoms with Crippen LogP contribution in [0.5, 0.6) is 0 Å². The fourth-order valence-electron chi connectivity index (χ4n) is 1.70. The molecule has 0 amide bonds. The molecule has 0 aliphatic heterocycles. The third-order valence-corrected chi connectivity index (χ3v) is 3.29. The van der Waals surface area contributed by atoms with Crippen LogP contribution in [0.15, 0.2) is 23.1 Å². The Bertz CT molecular complexity index is 497. The molecule has 0 spiro atoms. The third-order valence-electron chi connectivity index (χ3n) is 2.38. The van der Waals surface area contributed by atoms with Crippen LogP contribution in [0.2, 0.25) is 0 Å². The molecule has 0 saturated carbocycles. The average molecular weight is 257 g/mol. The molecule has 0 aliphatic carbocycles. The standard InChI is InChI=1S/C11H19N3O2S/c1-8(2)7-14(3)11-5-4-9(6-10(11)12)17(13,15)16/h4-6,8H,7,12H2,1-3H3,(H2,13,15,16). The van der Waals surface area contributed by atoms with Gasteiger partial charge in [-0.15, -0.1) is 0 Å². The molecule has 1 aromatic carbocycles. The molecule has 4 N–H and O–H groups in total. The van der Waals surface area contributed by atoms with E-state index in [1.165, 1.54) is 12.1 Å². The van der Waals surface area contributed by atoms with Gasteiger partial charge < -0.3 is 10.6 Å². The zero-order valence-corrected chi connectivity index (χ0v) is 11.2. The van der Waals surface area contributed by atoms with Gasteiger partial charge >= 0.3 is 0 Å². The van der Waals surface area contributed by atoms with Crippen LogP contribution in [0, 0.1) is 5.92 Å². The number of benzene rings is 1. The van der Waals surface area contributed by atoms with Crippen LogP contribution in [0.3, 0.4) is 0 Å². The maximum atomic E-state index is 11.2. The molecule has 0 bridgehead atoms. The Balaban J connectivity index is 3.06. The first kappa shape index (κ1) is 13.8. The first-order chi connectivity index (χ1) is 7.71. The van der Waals surface area contributed by atoms with Gasteiger partial charge in [0.15, 0.2) is 0 Å². The molecule has 0 fully saturated rings. The Labute approximate surface area is 102 Å². The summed E-state index contributed by atoms with van der Waals surface area (Å²) >= 11 is 0. The third kappa shape index (κ3) is 3.61. The topological polar surface area (TPSA) is 89.4 Å². The van der Waals surface area contributed by atoms with E-state index in [-0.39, 0.29) is 4.90 Å². The summed E-state index contributed by atoms with van der Waals surface area (Å²) in [6.07, 6.45) is 0. The number of rotatable bonds is 4. The highest BCUT2D eigenvalue weighted by molar-refractivity contribution is 7.89. The molecular weight excluding hydrogens is 238 g/mol. The van der Waals surface area contributed by atoms with Gasteiger partial charge in [0.05, 0.1) is 16.3 Å². The quantitative estimate of drug-likeness (QED) is 0.788. The zero-order valence-electron chi connectivity index (χ0n) is 10.3. The van der Waals surface area contributed by atoms with Crippen molar-refractivity contribution in [1.82, 2.24) is 0 Å². The van der Waals surface area contributed by atoms with Gasteiger partial charge in [0, 0.05) is 13.6 Å². The lowest BCUT2D eigenvalue weighted by Crippen LogP contribution is -2.23. The number of sulfonamides is 1. The fraction of sp³-hybridized carbons (Fsp3) is 0.455. The number of anilines is 2. The molecule has 5 nitrogen and oxygen atoms in total. The SMILES string of the molecule is CC(C)CN(C)c1ccc(S(N)(=O)=O)cc1N. The predicted octanol–water partition coefficient (Wildman–Crippen LogP) is 1.01. The molecule has 0 saturated heterocycles. The first-order valence-electron chi connectivity index (χ1n) is 5.35. The number of hydrogen-bond acceptors (Lipinski definition) is 4. The van der Waals surface area contributed by atoms with Crippen LogP contribution < -0.4 is 15.8 Å². The molecule has 0 unspecified atom stereocenters. The molecule has 1 aromatic rings. The summed E-state index contributed by atoms with van der Waals surface area (Å²) in [7, 11) is -1.77. The van der Waals surface area contributed by atoms with Gasteiger partial charge in [0.2, 0.25) is 10.0 Å². The predicted molar refractivity (Wildman–Crippen MR) is 70.3 cm³/mol. The highest BCUT2D eigenvalue weighted by atomic mass is 32.2. The first-order valence-corrected chi connectivity index (χ1v) is 6.90. The lowest BCUT2D eigenvalue weighted by Gasteiger charge is -2.23. The molecule has 0 heterocycles. The van der Waals surface area contributed by atoms with E-state index in [4.69, 9.17) is 10.9 Å². The molecule has 0 aromatic heterocycles. The smallest absolute Gasteiger partial charge is 0.238 e. The summed E-state index contributed by atoms with van der Waals surface area (Å²) in [5.41, 5.74) is 7.06. The van der Waals surface area contributed by atoms with E-state index in [9.17, 15) is 8.42 Å². The molecule has 0 atom stereocenters. The van der Waals surface area contributed by atoms with E-state index in [1.807, 2.05) is 11.9 Å². The summed E-state index contributed by atoms with van der Waals surface area (Å²) in [6, 6.07) is 4.54. The van der Waals surface area contributed by atoms with Gasteiger partial charge in [-0.2, -0.15) is 0 Å². The minimum Gasteiger partial charge on any atom is -0.397 e. The van der Waals surface area contributed by atoms with Gasteiger partial charge in [0.25, 0.3) is 0 Å². The van der Waals surface area contributed by atoms with Crippen molar-refractivity contribution in [3.05, 3.63) is 18.2 Å². The van der Waals surface area contributed by atoms with Crippen molar-refractivity contribution < 1.29 is 8.42 Å². The molecule has 0 radical (unpaired) electrons. The van der Waals surface area contributed by atoms with E-state index < -0.39 is 10.0 Å². The molecule has 96 valence electrons. The van der Waals surface area contributed by atoms with Crippen LogP contribution in [0.1, 0.15) is 13.8 Å². The number of primary sulfonamides is 1. The number of nitrogens with zero attached hydrogens (tertiary/aromatic N) is 1. The van der Waals surface area contributed by atoms with Crippen LogP contribution in [0.25, 0.3) is 0 Å². The van der Waals surface area contributed by atoms with Crippen molar-refractivity contribution in [2.75, 3.05) is 24.2 Å². The largest absolute Gasteiger partial charge is 0.397 e. The van der Waals surface area contributed by atoms with Gasteiger partial charge in [-0.25, -0.2) is 13.6 Å². The second-order valence-corrected chi connectivity index (χ2v) is 6.10. The Kier molecular flexibility index (Phi) is 4.00. The second-order valence-electron chi connectivity index (χ2n) is 4.54. The number of nitrogens with two attached hydrogens (primary N) is 2. The lowest BCUT2D eigenvalue weighted by molar-refractivity contribution is 0.597. The van der Waals surface area contributed by atoms with Crippen molar-refractivity contribution in [1.29, 1.82) is 0 Å². The van der Waals surface area contributed by atoms with E-state index in [0.717, 1.165) is 12.2 Å². The van der Waals surface area contributed by atoms with Crippen molar-refractivity contribution >= 4 is 21.4 Å². The molecule has 6 heteroatoms. The highest BCUT2D eigenvalue weighted by Crippen LogP contribution is 2.25. The minimum absolute atomic E-state index is 0.0386. The van der Waals surface area contributed by atoms with Crippen LogP contribution in [-0.4, -0.2) is 22.0 Å². The van der Waals surface area contributed by atoms with Gasteiger partial charge in [0.1, 0.15) is 0 Å². The average Bonchev–Trinajstić information content (AvgIpc) is 2.14. The van der Waals surface area contributed by atoms with E-state index in [2.05, 4.69) is 13.8 Å². The summed E-state index contributed by atoms with van der Waals surface area (Å²) < 4.78 is 22.3. The summed E-state index contributed by atoms with van der Waals surface area (Å²) in [5, 5.41) is 5.04. The van der Waals surface area contributed by atoms with Gasteiger partial charge in [-0.05, 0) is 24.1 Å². The lowest BCUT2D eigenvalue weighted by atomic mass is 10.2. The summed E-state index contributed by atoms with van der Waals surface area (Å²) in [4.78, 5) is 2.03. The normalized spacial score (nSPS) is 11.8. The summed E-state index contributed by atoms with van der Waals surface area (Å²) in [5.74, 6) is 0.498. The fourth-order valence-corrected chi connectivity index (χ4v) is 2.25. The maximum Gasteiger partial charge on any atom is 0.238 e. The van der Waals surface area contributed by atoms with Crippen LogP contribution >= 0.6 is 0 Å². The Morgan fingerprint density at radius 1 is 1.35 bits per heavy atom. The Morgan fingerprint density at radius 3 is 2.35 bits per heavy atom. The number of hydrogen-bond donors (Lipinski definition) is 2. The molecular formula is C11H19N3O2S. The number of nitrogen functional groups attached to an aromatic ring is 1. The van der Waals surface area contributed by atoms with Gasteiger partial charge in [-0.3, -0.25) is 0 Å². The molecule has 0 aliphatic rings. The van der Waals surface area contributed by atoms with E-state index in [1.54, 1.807) is 6.07 Å². The van der Waals surface area contributed by atoms with Crippen LogP contribution in [0.4, 0.5) is 11.4 Å². The Morgan fingerprint density at radius 2 is 1.94 bits per heavy atom. The minimum atomic E-state index is -3.69. The van der Waals surface area contributed by atoms with Crippen molar-refractivity contribution in [3.63, 3.8) is 0 Å². The Hall–Kier alpha value is -1.27. The van der Waals surface area contributed by atoms with Crippen molar-refractivity contribution in [2.45, 2.75) is 18.7 Å². The highest BCUT2D eigenvalue weighted by Gasteiger charge is 2.12. The molecule has 17 heavy (non-hydrogen) atoms. The van der Waals surface area contributed by atoms with Crippen LogP contribution in [-0.2, 0) is 10.0 Å². The maximum absolute atomic E-state index is 11.2. The monoisotopic (exact) mass is 257 g/mol. The van der Waals surface area contributed by atoms with E-state index >= 15 is 0 Å².